The number of rotatable bonds is 1. The van der Waals surface area contributed by atoms with Gasteiger partial charge in [-0.15, -0.1) is 0 Å². The highest BCUT2D eigenvalue weighted by Gasteiger charge is 2.33. The summed E-state index contributed by atoms with van der Waals surface area (Å²) in [6.07, 6.45) is -0.119. The molecule has 1 heterocycles. The first kappa shape index (κ1) is 19.4. The van der Waals surface area contributed by atoms with Crippen LogP contribution in [0.5, 0.6) is 0 Å². The Morgan fingerprint density at radius 2 is 1.48 bits per heavy atom. The third-order valence-corrected chi connectivity index (χ3v) is 3.26. The number of imide groups is 1. The number of nitrogens with zero attached hydrogens (tertiary/aromatic N) is 2. The maximum Gasteiger partial charge on any atom is 0.425 e. The van der Waals surface area contributed by atoms with E-state index in [-0.39, 0.29) is 5.82 Å². The molecule has 2 amide bonds. The summed E-state index contributed by atoms with van der Waals surface area (Å²) in [4.78, 5) is 29.8. The van der Waals surface area contributed by atoms with E-state index in [0.717, 1.165) is 14.9 Å². The molecular weight excluding hydrogens is 364 g/mol. The molecule has 0 aliphatic rings. The van der Waals surface area contributed by atoms with E-state index in [0.29, 0.717) is 0 Å². The lowest BCUT2D eigenvalue weighted by Crippen LogP contribution is -2.44. The van der Waals surface area contributed by atoms with Gasteiger partial charge in [0.2, 0.25) is 0 Å². The zero-order valence-corrected chi connectivity index (χ0v) is 16.1. The SMILES string of the molecule is Cc1cnc(N(C(=O)OC(C)(C)C)C(=O)OC(C)(C)C)cc1Br. The third-order valence-electron chi connectivity index (χ3n) is 2.40. The van der Waals surface area contributed by atoms with Gasteiger partial charge in [-0.05, 0) is 60.1 Å². The van der Waals surface area contributed by atoms with Gasteiger partial charge >= 0.3 is 12.2 Å². The van der Waals surface area contributed by atoms with Crippen molar-refractivity contribution < 1.29 is 19.1 Å². The van der Waals surface area contributed by atoms with Crippen LogP contribution in [-0.4, -0.2) is 28.4 Å². The third kappa shape index (κ3) is 6.17. The summed E-state index contributed by atoms with van der Waals surface area (Å²) in [5.74, 6) is 0.131. The Kier molecular flexibility index (Phi) is 5.79. The number of halogens is 1. The first-order valence-corrected chi connectivity index (χ1v) is 7.98. The fourth-order valence-corrected chi connectivity index (χ4v) is 1.80. The molecule has 0 spiro atoms. The highest BCUT2D eigenvalue weighted by Crippen LogP contribution is 2.24. The van der Waals surface area contributed by atoms with E-state index in [1.165, 1.54) is 0 Å². The summed E-state index contributed by atoms with van der Waals surface area (Å²) in [6, 6.07) is 1.57. The van der Waals surface area contributed by atoms with E-state index in [2.05, 4.69) is 20.9 Å². The van der Waals surface area contributed by atoms with Crippen molar-refractivity contribution in [3.8, 4) is 0 Å². The fraction of sp³-hybridized carbons (Fsp3) is 0.562. The molecular formula is C16H23BrN2O4. The van der Waals surface area contributed by atoms with Crippen LogP contribution < -0.4 is 4.90 Å². The van der Waals surface area contributed by atoms with Crippen molar-refractivity contribution in [2.45, 2.75) is 59.7 Å². The summed E-state index contributed by atoms with van der Waals surface area (Å²) in [6.45, 7) is 12.2. The van der Waals surface area contributed by atoms with Crippen LogP contribution in [-0.2, 0) is 9.47 Å². The van der Waals surface area contributed by atoms with Gasteiger partial charge in [0.15, 0.2) is 0 Å². The Morgan fingerprint density at radius 3 is 1.83 bits per heavy atom. The van der Waals surface area contributed by atoms with Gasteiger partial charge in [0.25, 0.3) is 0 Å². The van der Waals surface area contributed by atoms with E-state index >= 15 is 0 Å². The number of pyridine rings is 1. The predicted molar refractivity (Wildman–Crippen MR) is 91.6 cm³/mol. The molecule has 0 saturated carbocycles. The molecule has 0 bridgehead atoms. The second kappa shape index (κ2) is 6.86. The highest BCUT2D eigenvalue weighted by atomic mass is 79.9. The lowest BCUT2D eigenvalue weighted by atomic mass is 10.2. The van der Waals surface area contributed by atoms with Gasteiger partial charge in [-0.25, -0.2) is 14.6 Å². The van der Waals surface area contributed by atoms with E-state index in [9.17, 15) is 9.59 Å². The number of ether oxygens (including phenoxy) is 2. The normalized spacial score (nSPS) is 11.8. The Bertz CT molecular complexity index is 575. The maximum absolute atomic E-state index is 12.4. The molecule has 0 fully saturated rings. The van der Waals surface area contributed by atoms with Crippen molar-refractivity contribution >= 4 is 33.9 Å². The van der Waals surface area contributed by atoms with Crippen LogP contribution in [0.3, 0.4) is 0 Å². The van der Waals surface area contributed by atoms with E-state index in [1.807, 2.05) is 6.92 Å². The predicted octanol–water partition coefficient (Wildman–Crippen LogP) is 4.83. The second-order valence-electron chi connectivity index (χ2n) is 7.09. The van der Waals surface area contributed by atoms with Crippen molar-refractivity contribution in [2.75, 3.05) is 4.90 Å². The van der Waals surface area contributed by atoms with E-state index in [4.69, 9.17) is 9.47 Å². The first-order chi connectivity index (χ1) is 10.3. The largest absolute Gasteiger partial charge is 0.443 e. The van der Waals surface area contributed by atoms with Crippen LogP contribution >= 0.6 is 15.9 Å². The molecule has 128 valence electrons. The number of hydrogen-bond acceptors (Lipinski definition) is 5. The fourth-order valence-electron chi connectivity index (χ4n) is 1.49. The molecule has 6 nitrogen and oxygen atoms in total. The molecule has 0 aliphatic carbocycles. The topological polar surface area (TPSA) is 68.7 Å². The lowest BCUT2D eigenvalue weighted by Gasteiger charge is -2.28. The van der Waals surface area contributed by atoms with Crippen LogP contribution in [0, 0.1) is 6.92 Å². The number of hydrogen-bond donors (Lipinski definition) is 0. The Morgan fingerprint density at radius 1 is 1.04 bits per heavy atom. The average molecular weight is 387 g/mol. The summed E-state index contributed by atoms with van der Waals surface area (Å²) in [5.41, 5.74) is -0.625. The summed E-state index contributed by atoms with van der Waals surface area (Å²) in [7, 11) is 0. The van der Waals surface area contributed by atoms with Gasteiger partial charge in [0.1, 0.15) is 17.0 Å². The van der Waals surface area contributed by atoms with Gasteiger partial charge < -0.3 is 9.47 Å². The molecule has 1 aromatic rings. The van der Waals surface area contributed by atoms with E-state index in [1.54, 1.807) is 53.8 Å². The smallest absolute Gasteiger partial charge is 0.425 e. The summed E-state index contributed by atoms with van der Waals surface area (Å²) < 4.78 is 11.3. The van der Waals surface area contributed by atoms with Crippen molar-refractivity contribution in [2.24, 2.45) is 0 Å². The number of anilines is 1. The van der Waals surface area contributed by atoms with Gasteiger partial charge in [-0.2, -0.15) is 4.90 Å². The Hall–Kier alpha value is -1.63. The molecule has 23 heavy (non-hydrogen) atoms. The van der Waals surface area contributed by atoms with Crippen LogP contribution in [0.25, 0.3) is 0 Å². The number of carbonyl (C=O) groups is 2. The lowest BCUT2D eigenvalue weighted by molar-refractivity contribution is 0.0429. The molecule has 0 unspecified atom stereocenters. The molecule has 0 N–H and O–H groups in total. The zero-order chi connectivity index (χ0) is 18.0. The number of amides is 2. The van der Waals surface area contributed by atoms with Crippen molar-refractivity contribution in [3.05, 3.63) is 22.3 Å². The molecule has 0 aliphatic heterocycles. The van der Waals surface area contributed by atoms with Crippen LogP contribution in [0.15, 0.2) is 16.7 Å². The number of aromatic nitrogens is 1. The van der Waals surface area contributed by atoms with Gasteiger partial charge in [0.05, 0.1) is 0 Å². The summed E-state index contributed by atoms with van der Waals surface area (Å²) >= 11 is 3.36. The maximum atomic E-state index is 12.4. The first-order valence-electron chi connectivity index (χ1n) is 7.18. The van der Waals surface area contributed by atoms with Crippen molar-refractivity contribution in [1.82, 2.24) is 4.98 Å². The van der Waals surface area contributed by atoms with Gasteiger partial charge in [-0.3, -0.25) is 0 Å². The average Bonchev–Trinajstić information content (AvgIpc) is 2.29. The number of carbonyl (C=O) groups excluding carboxylic acids is 2. The van der Waals surface area contributed by atoms with Gasteiger partial charge in [0, 0.05) is 10.7 Å². The minimum Gasteiger partial charge on any atom is -0.443 e. The minimum absolute atomic E-state index is 0.131. The molecule has 0 atom stereocenters. The molecule has 0 radical (unpaired) electrons. The second-order valence-corrected chi connectivity index (χ2v) is 7.94. The minimum atomic E-state index is -0.838. The quantitative estimate of drug-likeness (QED) is 0.691. The Labute approximate surface area is 145 Å². The summed E-state index contributed by atoms with van der Waals surface area (Å²) in [5, 5.41) is 0. The van der Waals surface area contributed by atoms with Crippen molar-refractivity contribution in [3.63, 3.8) is 0 Å². The van der Waals surface area contributed by atoms with Crippen LogP contribution in [0.1, 0.15) is 47.1 Å². The molecule has 0 saturated heterocycles. The van der Waals surface area contributed by atoms with Crippen LogP contribution in [0.2, 0.25) is 0 Å². The standard InChI is InChI=1S/C16H23BrN2O4/c1-10-9-18-12(8-11(10)17)19(13(20)22-15(2,3)4)14(21)23-16(5,6)7/h8-9H,1-7H3. The van der Waals surface area contributed by atoms with Crippen molar-refractivity contribution in [1.29, 1.82) is 0 Å². The molecule has 1 aromatic heterocycles. The van der Waals surface area contributed by atoms with Gasteiger partial charge in [-0.1, -0.05) is 15.9 Å². The van der Waals surface area contributed by atoms with Crippen LogP contribution in [0.4, 0.5) is 15.4 Å². The highest BCUT2D eigenvalue weighted by molar-refractivity contribution is 9.10. The number of aryl methyl sites for hydroxylation is 1. The van der Waals surface area contributed by atoms with E-state index < -0.39 is 23.4 Å². The Balaban J connectivity index is 3.22. The molecule has 1 rings (SSSR count). The monoisotopic (exact) mass is 386 g/mol. The molecule has 7 heteroatoms. The molecule has 0 aromatic carbocycles. The zero-order valence-electron chi connectivity index (χ0n) is 14.6.